The Labute approximate surface area is 303 Å². The lowest BCUT2D eigenvalue weighted by molar-refractivity contribution is -0.388. The second kappa shape index (κ2) is 19.2. The molecule has 4 fully saturated rings. The van der Waals surface area contributed by atoms with Crippen LogP contribution in [0.1, 0.15) is 110 Å². The van der Waals surface area contributed by atoms with E-state index in [2.05, 4.69) is 20.1 Å². The van der Waals surface area contributed by atoms with Gasteiger partial charge in [-0.15, -0.1) is 13.2 Å². The first-order valence-corrected chi connectivity index (χ1v) is 19.0. The number of ether oxygens (including phenoxy) is 9. The molecule has 1 N–H and O–H groups in total. The molecule has 12 unspecified atom stereocenters. The maximum atomic E-state index is 13.2. The SMILES string of the molecule is C=CCCCCC(=O)OC1C(O)C(OC2C(OC(CCCC=C)CCCCC)OC(C)C3OC(C)(C)OC32)OC2COC(c3ccccc3)OC21. The zero-order chi connectivity index (χ0) is 36.4. The van der Waals surface area contributed by atoms with Gasteiger partial charge in [0.05, 0.1) is 18.8 Å². The second-order valence-corrected chi connectivity index (χ2v) is 14.5. The van der Waals surface area contributed by atoms with Crippen molar-refractivity contribution >= 4 is 5.97 Å². The van der Waals surface area contributed by atoms with Gasteiger partial charge in [-0.2, -0.15) is 0 Å². The number of hydrogen-bond acceptors (Lipinski definition) is 11. The first kappa shape index (κ1) is 40.0. The molecule has 12 atom stereocenters. The van der Waals surface area contributed by atoms with Gasteiger partial charge in [-0.3, -0.25) is 4.79 Å². The van der Waals surface area contributed by atoms with Crippen LogP contribution in [0, 0.1) is 0 Å². The van der Waals surface area contributed by atoms with E-state index >= 15 is 0 Å². The summed E-state index contributed by atoms with van der Waals surface area (Å²) in [5.74, 6) is -1.33. The van der Waals surface area contributed by atoms with Crippen LogP contribution < -0.4 is 0 Å². The summed E-state index contributed by atoms with van der Waals surface area (Å²) in [5.41, 5.74) is 0.806. The number of hydrogen-bond donors (Lipinski definition) is 1. The van der Waals surface area contributed by atoms with Crippen LogP contribution in [0.3, 0.4) is 0 Å². The van der Waals surface area contributed by atoms with Gasteiger partial charge in [-0.25, -0.2) is 0 Å². The maximum absolute atomic E-state index is 13.2. The Balaban J connectivity index is 1.38. The molecule has 1 aromatic carbocycles. The molecular formula is C40H60O11. The molecule has 4 heterocycles. The molecule has 11 heteroatoms. The van der Waals surface area contributed by atoms with Gasteiger partial charge in [0.2, 0.25) is 0 Å². The number of aliphatic hydroxyl groups excluding tert-OH is 1. The Kier molecular flexibility index (Phi) is 15.1. The Bertz CT molecular complexity index is 1230. The summed E-state index contributed by atoms with van der Waals surface area (Å²) in [6, 6.07) is 9.50. The second-order valence-electron chi connectivity index (χ2n) is 14.5. The molecule has 0 bridgehead atoms. The highest BCUT2D eigenvalue weighted by Crippen LogP contribution is 2.42. The zero-order valence-electron chi connectivity index (χ0n) is 30.9. The molecule has 1 aromatic rings. The Morgan fingerprint density at radius 1 is 0.922 bits per heavy atom. The molecule has 11 nitrogen and oxygen atoms in total. The van der Waals surface area contributed by atoms with Gasteiger partial charge < -0.3 is 47.7 Å². The lowest BCUT2D eigenvalue weighted by atomic mass is 9.96. The fraction of sp³-hybridized carbons (Fsp3) is 0.725. The number of fused-ring (bicyclic) bond motifs is 2. The van der Waals surface area contributed by atoms with Crippen molar-refractivity contribution in [1.29, 1.82) is 0 Å². The van der Waals surface area contributed by atoms with E-state index in [-0.39, 0.29) is 25.2 Å². The molecule has 0 aromatic heterocycles. The molecule has 5 rings (SSSR count). The molecule has 286 valence electrons. The average molecular weight is 717 g/mol. The molecule has 0 radical (unpaired) electrons. The fourth-order valence-corrected chi connectivity index (χ4v) is 7.30. The van der Waals surface area contributed by atoms with E-state index in [0.717, 1.165) is 63.4 Å². The Morgan fingerprint density at radius 3 is 2.39 bits per heavy atom. The largest absolute Gasteiger partial charge is 0.456 e. The minimum absolute atomic E-state index is 0.0851. The minimum Gasteiger partial charge on any atom is -0.456 e. The maximum Gasteiger partial charge on any atom is 0.306 e. The highest BCUT2D eigenvalue weighted by Gasteiger charge is 2.58. The lowest BCUT2D eigenvalue weighted by Crippen LogP contribution is -2.66. The lowest BCUT2D eigenvalue weighted by Gasteiger charge is -2.49. The van der Waals surface area contributed by atoms with Crippen molar-refractivity contribution < 1.29 is 52.5 Å². The highest BCUT2D eigenvalue weighted by molar-refractivity contribution is 5.69. The van der Waals surface area contributed by atoms with Gasteiger partial charge in [0.1, 0.15) is 36.6 Å². The van der Waals surface area contributed by atoms with Crippen molar-refractivity contribution in [2.24, 2.45) is 0 Å². The summed E-state index contributed by atoms with van der Waals surface area (Å²) < 4.78 is 57.6. The molecule has 4 saturated heterocycles. The van der Waals surface area contributed by atoms with Gasteiger partial charge in [-0.1, -0.05) is 68.7 Å². The summed E-state index contributed by atoms with van der Waals surface area (Å²) in [6.45, 7) is 15.6. The summed E-state index contributed by atoms with van der Waals surface area (Å²) in [4.78, 5) is 13.2. The molecule has 0 aliphatic carbocycles. The first-order chi connectivity index (χ1) is 24.6. The monoisotopic (exact) mass is 716 g/mol. The summed E-state index contributed by atoms with van der Waals surface area (Å²) in [7, 11) is 0. The van der Waals surface area contributed by atoms with Crippen LogP contribution in [0.15, 0.2) is 55.6 Å². The number of rotatable bonds is 19. The molecule has 0 saturated carbocycles. The van der Waals surface area contributed by atoms with E-state index in [4.69, 9.17) is 42.6 Å². The Morgan fingerprint density at radius 2 is 1.65 bits per heavy atom. The van der Waals surface area contributed by atoms with Gasteiger partial charge in [0.15, 0.2) is 30.8 Å². The number of carbonyl (C=O) groups is 1. The number of unbranched alkanes of at least 4 members (excludes halogenated alkanes) is 5. The number of esters is 1. The molecule has 51 heavy (non-hydrogen) atoms. The fourth-order valence-electron chi connectivity index (χ4n) is 7.30. The van der Waals surface area contributed by atoms with E-state index in [1.165, 1.54) is 0 Å². The van der Waals surface area contributed by atoms with E-state index < -0.39 is 73.4 Å². The van der Waals surface area contributed by atoms with Crippen molar-refractivity contribution in [3.63, 3.8) is 0 Å². The number of allylic oxidation sites excluding steroid dienone is 2. The van der Waals surface area contributed by atoms with Crippen LogP contribution in [-0.2, 0) is 47.4 Å². The molecule has 0 spiro atoms. The van der Waals surface area contributed by atoms with Gasteiger partial charge >= 0.3 is 5.97 Å². The van der Waals surface area contributed by atoms with Crippen molar-refractivity contribution in [1.82, 2.24) is 0 Å². The van der Waals surface area contributed by atoms with Gasteiger partial charge in [0, 0.05) is 12.0 Å². The van der Waals surface area contributed by atoms with Gasteiger partial charge in [-0.05, 0) is 65.7 Å². The van der Waals surface area contributed by atoms with E-state index in [0.29, 0.717) is 6.42 Å². The third kappa shape index (κ3) is 10.7. The topological polar surface area (TPSA) is 120 Å². The normalized spacial score (nSPS) is 35.0. The van der Waals surface area contributed by atoms with Crippen molar-refractivity contribution in [2.45, 2.75) is 178 Å². The standard InChI is InChI=1S/C40H60O11/c1-7-10-13-19-24-30(41)47-34-31(42)38(46-29-25-43-37(48-33(29)34)27-20-17-14-18-21-27)49-36-35-32(50-40(5,6)51-35)26(4)44-39(36)45-28(22-15-11-8-2)23-16-12-9-3/h7-8,14,17-18,20-21,26,28-29,31-39,42H,1-2,9-13,15-16,19,22-25H2,3-6H3. The quantitative estimate of drug-likeness (QED) is 0.0923. The van der Waals surface area contributed by atoms with Crippen molar-refractivity contribution in [2.75, 3.05) is 6.61 Å². The van der Waals surface area contributed by atoms with Crippen molar-refractivity contribution in [3.8, 4) is 0 Å². The van der Waals surface area contributed by atoms with Crippen molar-refractivity contribution in [3.05, 3.63) is 61.2 Å². The summed E-state index contributed by atoms with van der Waals surface area (Å²) in [5, 5.41) is 11.9. The van der Waals surface area contributed by atoms with Crippen LogP contribution in [0.2, 0.25) is 0 Å². The van der Waals surface area contributed by atoms with Crippen LogP contribution in [-0.4, -0.2) is 91.0 Å². The predicted molar refractivity (Wildman–Crippen MR) is 189 cm³/mol. The van der Waals surface area contributed by atoms with Gasteiger partial charge in [0.25, 0.3) is 0 Å². The number of carbonyl (C=O) groups excluding carboxylic acids is 1. The van der Waals surface area contributed by atoms with E-state index in [1.54, 1.807) is 0 Å². The Hall–Kier alpha value is -2.19. The summed E-state index contributed by atoms with van der Waals surface area (Å²) in [6.07, 6.45) is 3.83. The molecule has 4 aliphatic rings. The third-order valence-electron chi connectivity index (χ3n) is 9.93. The summed E-state index contributed by atoms with van der Waals surface area (Å²) >= 11 is 0. The zero-order valence-corrected chi connectivity index (χ0v) is 30.9. The molecule has 4 aliphatic heterocycles. The number of benzene rings is 1. The van der Waals surface area contributed by atoms with E-state index in [9.17, 15) is 9.90 Å². The van der Waals surface area contributed by atoms with Crippen LogP contribution >= 0.6 is 0 Å². The average Bonchev–Trinajstić information content (AvgIpc) is 3.46. The van der Waals surface area contributed by atoms with Crippen LogP contribution in [0.5, 0.6) is 0 Å². The third-order valence-corrected chi connectivity index (χ3v) is 9.93. The minimum atomic E-state index is -1.40. The first-order valence-electron chi connectivity index (χ1n) is 19.0. The predicted octanol–water partition coefficient (Wildman–Crippen LogP) is 6.82. The highest BCUT2D eigenvalue weighted by atomic mass is 16.8. The van der Waals surface area contributed by atoms with E-state index in [1.807, 2.05) is 63.3 Å². The molecule has 0 amide bonds. The van der Waals surface area contributed by atoms with Crippen LogP contribution in [0.4, 0.5) is 0 Å². The molecular weight excluding hydrogens is 656 g/mol. The van der Waals surface area contributed by atoms with Crippen LogP contribution in [0.25, 0.3) is 0 Å². The number of aliphatic hydroxyl groups is 1. The smallest absolute Gasteiger partial charge is 0.306 e.